The van der Waals surface area contributed by atoms with Gasteiger partial charge in [-0.05, 0) is 33.0 Å². The van der Waals surface area contributed by atoms with Crippen molar-refractivity contribution in [3.8, 4) is 0 Å². The second kappa shape index (κ2) is 6.18. The molecule has 0 bridgehead atoms. The zero-order valence-corrected chi connectivity index (χ0v) is 13.8. The number of likely N-dealkylation sites (tertiary alicyclic amines) is 1. The van der Waals surface area contributed by atoms with Gasteiger partial charge in [0.05, 0.1) is 0 Å². The van der Waals surface area contributed by atoms with Gasteiger partial charge in [-0.25, -0.2) is 0 Å². The van der Waals surface area contributed by atoms with Gasteiger partial charge in [0.1, 0.15) is 16.5 Å². The van der Waals surface area contributed by atoms with Gasteiger partial charge in [0.2, 0.25) is 0 Å². The first-order chi connectivity index (χ1) is 6.60. The average Bonchev–Trinajstić information content (AvgIpc) is 2.31. The van der Waals surface area contributed by atoms with Gasteiger partial charge in [0, 0.05) is 0 Å². The lowest BCUT2D eigenvalue weighted by Gasteiger charge is -2.28. The molecular formula is C11H30N2Si2. The van der Waals surface area contributed by atoms with Gasteiger partial charge >= 0.3 is 0 Å². The highest BCUT2D eigenvalue weighted by Crippen LogP contribution is 2.03. The van der Waals surface area contributed by atoms with E-state index in [-0.39, 0.29) is 0 Å². The number of rotatable bonds is 2. The molecule has 92 valence electrons. The van der Waals surface area contributed by atoms with E-state index in [0.29, 0.717) is 0 Å². The minimum atomic E-state index is -0.981. The van der Waals surface area contributed by atoms with Crippen molar-refractivity contribution in [3.63, 3.8) is 0 Å². The molecule has 1 heterocycles. The highest BCUT2D eigenvalue weighted by Gasteiger charge is 2.22. The lowest BCUT2D eigenvalue weighted by molar-refractivity contribution is 0.418. The van der Waals surface area contributed by atoms with Gasteiger partial charge in [0.15, 0.2) is 0 Å². The normalized spacial score (nSPS) is 18.6. The van der Waals surface area contributed by atoms with Crippen LogP contribution in [0, 0.1) is 0 Å². The Balaban J connectivity index is 0.000000280. The molecule has 1 aliphatic rings. The Morgan fingerprint density at radius 3 is 1.20 bits per heavy atom. The first kappa shape index (κ1) is 15.4. The van der Waals surface area contributed by atoms with Gasteiger partial charge in [-0.3, -0.25) is 0 Å². The van der Waals surface area contributed by atoms with E-state index in [1.165, 1.54) is 25.9 Å². The average molecular weight is 247 g/mol. The SMILES string of the molecule is CN1CCCC1.C[Si](C)(C)N[Si](C)(C)C. The molecule has 0 amide bonds. The van der Waals surface area contributed by atoms with Gasteiger partial charge < -0.3 is 9.55 Å². The Hall–Kier alpha value is 0.354. The molecule has 2 nitrogen and oxygen atoms in total. The van der Waals surface area contributed by atoms with E-state index in [9.17, 15) is 0 Å². The molecule has 0 aromatic carbocycles. The van der Waals surface area contributed by atoms with Crippen molar-refractivity contribution in [2.24, 2.45) is 0 Å². The minimum absolute atomic E-state index is 0.981. The molecule has 0 aromatic rings. The predicted molar refractivity (Wildman–Crippen MR) is 76.6 cm³/mol. The number of hydrogen-bond donors (Lipinski definition) is 1. The van der Waals surface area contributed by atoms with Crippen molar-refractivity contribution in [2.75, 3.05) is 20.1 Å². The van der Waals surface area contributed by atoms with Gasteiger partial charge in [-0.2, -0.15) is 0 Å². The van der Waals surface area contributed by atoms with E-state index in [1.807, 2.05) is 0 Å². The summed E-state index contributed by atoms with van der Waals surface area (Å²) in [5.74, 6) is 0. The smallest absolute Gasteiger partial charge is 0.109 e. The zero-order valence-electron chi connectivity index (χ0n) is 11.8. The number of hydrogen-bond acceptors (Lipinski definition) is 2. The molecule has 0 radical (unpaired) electrons. The molecule has 0 atom stereocenters. The molecule has 0 aliphatic carbocycles. The van der Waals surface area contributed by atoms with Crippen LogP contribution in [0.2, 0.25) is 39.3 Å². The van der Waals surface area contributed by atoms with Crippen molar-refractivity contribution < 1.29 is 0 Å². The van der Waals surface area contributed by atoms with Crippen LogP contribution in [0.25, 0.3) is 0 Å². The molecular weight excluding hydrogens is 216 g/mol. The summed E-state index contributed by atoms with van der Waals surface area (Å²) in [6.07, 6.45) is 2.83. The third kappa shape index (κ3) is 12.3. The Bertz CT molecular complexity index is 152. The third-order valence-corrected chi connectivity index (χ3v) is 8.08. The van der Waals surface area contributed by atoms with Crippen molar-refractivity contribution in [2.45, 2.75) is 52.1 Å². The fourth-order valence-electron chi connectivity index (χ4n) is 2.00. The summed E-state index contributed by atoms with van der Waals surface area (Å²) in [6, 6.07) is 0. The summed E-state index contributed by atoms with van der Waals surface area (Å²) in [5, 5.41) is 0. The highest BCUT2D eigenvalue weighted by atomic mass is 28.4. The van der Waals surface area contributed by atoms with E-state index in [2.05, 4.69) is 55.9 Å². The number of nitrogens with one attached hydrogen (secondary N) is 1. The van der Waals surface area contributed by atoms with Gasteiger partial charge in [-0.15, -0.1) is 0 Å². The van der Waals surface area contributed by atoms with Crippen LogP contribution in [-0.2, 0) is 0 Å². The monoisotopic (exact) mass is 246 g/mol. The second-order valence-corrected chi connectivity index (χ2v) is 16.6. The lowest BCUT2D eigenvalue weighted by atomic mass is 10.4. The maximum absolute atomic E-state index is 3.74. The third-order valence-electron chi connectivity index (χ3n) is 2.08. The predicted octanol–water partition coefficient (Wildman–Crippen LogP) is 2.96. The Morgan fingerprint density at radius 1 is 0.800 bits per heavy atom. The van der Waals surface area contributed by atoms with Crippen LogP contribution in [0.1, 0.15) is 12.8 Å². The molecule has 1 saturated heterocycles. The first-order valence-corrected chi connectivity index (χ1v) is 13.1. The maximum atomic E-state index is 3.74. The topological polar surface area (TPSA) is 15.3 Å². The highest BCUT2D eigenvalue weighted by molar-refractivity contribution is 6.90. The van der Waals surface area contributed by atoms with Crippen molar-refractivity contribution >= 4 is 16.5 Å². The van der Waals surface area contributed by atoms with Crippen LogP contribution in [0.5, 0.6) is 0 Å². The number of nitrogens with zero attached hydrogens (tertiary/aromatic N) is 1. The van der Waals surface area contributed by atoms with Crippen LogP contribution in [0.3, 0.4) is 0 Å². The molecule has 1 rings (SSSR count). The summed E-state index contributed by atoms with van der Waals surface area (Å²) in [7, 11) is 0.212. The van der Waals surface area contributed by atoms with E-state index >= 15 is 0 Å². The van der Waals surface area contributed by atoms with Crippen LogP contribution >= 0.6 is 0 Å². The van der Waals surface area contributed by atoms with Crippen LogP contribution in [0.4, 0.5) is 0 Å². The Morgan fingerprint density at radius 2 is 1.13 bits per heavy atom. The first-order valence-electron chi connectivity index (χ1n) is 6.08. The molecule has 1 fully saturated rings. The summed E-state index contributed by atoms with van der Waals surface area (Å²) in [4.78, 5) is 2.36. The van der Waals surface area contributed by atoms with E-state index in [4.69, 9.17) is 0 Å². The molecule has 1 aliphatic heterocycles. The summed E-state index contributed by atoms with van der Waals surface area (Å²) in [6.45, 7) is 16.8. The quantitative estimate of drug-likeness (QED) is 0.754. The molecule has 15 heavy (non-hydrogen) atoms. The van der Waals surface area contributed by atoms with Gasteiger partial charge in [-0.1, -0.05) is 39.3 Å². The summed E-state index contributed by atoms with van der Waals surface area (Å²) >= 11 is 0. The largest absolute Gasteiger partial charge is 0.360 e. The second-order valence-electron chi connectivity index (χ2n) is 6.64. The van der Waals surface area contributed by atoms with Crippen molar-refractivity contribution in [1.29, 1.82) is 0 Å². The molecule has 4 heteroatoms. The summed E-state index contributed by atoms with van der Waals surface area (Å²) < 4.78 is 3.74. The lowest BCUT2D eigenvalue weighted by Crippen LogP contribution is -2.55. The van der Waals surface area contributed by atoms with Crippen molar-refractivity contribution in [1.82, 2.24) is 9.55 Å². The van der Waals surface area contributed by atoms with E-state index < -0.39 is 16.5 Å². The molecule has 0 aromatic heterocycles. The van der Waals surface area contributed by atoms with Crippen LogP contribution < -0.4 is 4.65 Å². The fraction of sp³-hybridized carbons (Fsp3) is 1.00. The van der Waals surface area contributed by atoms with Gasteiger partial charge in [0.25, 0.3) is 0 Å². The maximum Gasteiger partial charge on any atom is 0.109 e. The molecule has 0 spiro atoms. The molecule has 0 unspecified atom stereocenters. The standard InChI is InChI=1S/C6H19NSi2.C5H11N/c1-8(2,3)7-9(4,5)6;1-6-4-2-3-5-6/h7H,1-6H3;2-5H2,1H3. The Kier molecular flexibility index (Phi) is 6.32. The summed E-state index contributed by atoms with van der Waals surface area (Å²) in [5.41, 5.74) is 0. The minimum Gasteiger partial charge on any atom is -0.360 e. The van der Waals surface area contributed by atoms with Crippen LogP contribution in [-0.4, -0.2) is 41.5 Å². The van der Waals surface area contributed by atoms with Crippen LogP contribution in [0.15, 0.2) is 0 Å². The molecule has 1 N–H and O–H groups in total. The van der Waals surface area contributed by atoms with E-state index in [0.717, 1.165) is 0 Å². The Labute approximate surface area is 98.6 Å². The fourth-order valence-corrected chi connectivity index (χ4v) is 11.0. The van der Waals surface area contributed by atoms with E-state index in [1.54, 1.807) is 0 Å². The van der Waals surface area contributed by atoms with Crippen molar-refractivity contribution in [3.05, 3.63) is 0 Å². The molecule has 0 saturated carbocycles. The zero-order chi connectivity index (χ0) is 12.1.